The Hall–Kier alpha value is -3.37. The number of carbonyl (C=O) groups excluding carboxylic acids is 2. The van der Waals surface area contributed by atoms with E-state index in [4.69, 9.17) is 9.47 Å². The first kappa shape index (κ1) is 24.7. The molecule has 0 unspecified atom stereocenters. The van der Waals surface area contributed by atoms with E-state index in [2.05, 4.69) is 20.9 Å². The minimum Gasteiger partial charge on any atom is -0.463 e. The summed E-state index contributed by atoms with van der Waals surface area (Å²) in [5.74, 6) is -1.23. The van der Waals surface area contributed by atoms with Crippen LogP contribution in [0.15, 0.2) is 68.0 Å². The predicted octanol–water partition coefficient (Wildman–Crippen LogP) is 3.63. The summed E-state index contributed by atoms with van der Waals surface area (Å²) >= 11 is 4.53. The molecule has 0 saturated carbocycles. The Morgan fingerprint density at radius 3 is 2.60 bits per heavy atom. The van der Waals surface area contributed by atoms with Crippen LogP contribution in [-0.2, 0) is 14.3 Å². The normalized spacial score (nSPS) is 15.5. The van der Waals surface area contributed by atoms with Gasteiger partial charge in [-0.15, -0.1) is 0 Å². The zero-order chi connectivity index (χ0) is 25.3. The van der Waals surface area contributed by atoms with E-state index in [1.165, 1.54) is 35.8 Å². The first-order valence-corrected chi connectivity index (χ1v) is 12.2. The van der Waals surface area contributed by atoms with Crippen molar-refractivity contribution in [1.82, 2.24) is 4.57 Å². The van der Waals surface area contributed by atoms with Crippen molar-refractivity contribution in [2.45, 2.75) is 26.8 Å². The number of carbonyl (C=O) groups is 2. The van der Waals surface area contributed by atoms with E-state index in [1.807, 2.05) is 0 Å². The molecule has 0 saturated heterocycles. The quantitative estimate of drug-likeness (QED) is 0.352. The largest absolute Gasteiger partial charge is 0.463 e. The monoisotopic (exact) mass is 558 g/mol. The molecule has 0 aliphatic carbocycles. The van der Waals surface area contributed by atoms with Crippen molar-refractivity contribution >= 4 is 45.3 Å². The molecule has 0 fully saturated rings. The molecule has 3 aromatic rings. The van der Waals surface area contributed by atoms with Gasteiger partial charge in [-0.2, -0.15) is 0 Å². The Labute approximate surface area is 212 Å². The second-order valence-electron chi connectivity index (χ2n) is 7.63. The fourth-order valence-corrected chi connectivity index (χ4v) is 5.19. The topological polar surface area (TPSA) is 87.0 Å². The van der Waals surface area contributed by atoms with Crippen molar-refractivity contribution in [2.75, 3.05) is 6.61 Å². The highest BCUT2D eigenvalue weighted by atomic mass is 79.9. The molecule has 10 heteroatoms. The van der Waals surface area contributed by atoms with Gasteiger partial charge >= 0.3 is 11.9 Å². The average molecular weight is 559 g/mol. The summed E-state index contributed by atoms with van der Waals surface area (Å²) in [6.07, 6.45) is 1.61. The molecule has 0 spiro atoms. The van der Waals surface area contributed by atoms with Gasteiger partial charge in [0, 0.05) is 17.0 Å². The molecular weight excluding hydrogens is 539 g/mol. The van der Waals surface area contributed by atoms with E-state index < -0.39 is 29.4 Å². The molecule has 2 aromatic carbocycles. The summed E-state index contributed by atoms with van der Waals surface area (Å²) < 4.78 is 26.6. The van der Waals surface area contributed by atoms with Crippen molar-refractivity contribution in [3.05, 3.63) is 94.8 Å². The Balaban J connectivity index is 1.96. The van der Waals surface area contributed by atoms with Crippen molar-refractivity contribution in [2.24, 2.45) is 4.99 Å². The van der Waals surface area contributed by atoms with Crippen LogP contribution < -0.4 is 19.6 Å². The lowest BCUT2D eigenvalue weighted by Crippen LogP contribution is -2.39. The second kappa shape index (κ2) is 10.1. The van der Waals surface area contributed by atoms with Crippen LogP contribution >= 0.6 is 27.3 Å². The molecule has 4 rings (SSSR count). The third kappa shape index (κ3) is 5.03. The zero-order valence-corrected chi connectivity index (χ0v) is 21.4. The number of hydrogen-bond donors (Lipinski definition) is 0. The van der Waals surface area contributed by atoms with Crippen LogP contribution in [0.3, 0.4) is 0 Å². The summed E-state index contributed by atoms with van der Waals surface area (Å²) in [5.41, 5.74) is 1.28. The number of thiazole rings is 1. The summed E-state index contributed by atoms with van der Waals surface area (Å²) in [4.78, 5) is 42.9. The molecular formula is C25H20BrFN2O5S. The van der Waals surface area contributed by atoms with Crippen LogP contribution in [0.2, 0.25) is 0 Å². The van der Waals surface area contributed by atoms with Gasteiger partial charge in [-0.3, -0.25) is 14.2 Å². The number of halogens is 2. The van der Waals surface area contributed by atoms with Crippen LogP contribution in [0.4, 0.5) is 4.39 Å². The SMILES string of the molecule is CCOC(=O)C1=C(C)N=c2s/c(=C\c3cc(Br)ccc3OC(C)=O)c(=O)n2[C@H]1c1ccc(F)cc1. The highest BCUT2D eigenvalue weighted by Crippen LogP contribution is 2.31. The number of aromatic nitrogens is 1. The molecule has 1 aliphatic heterocycles. The van der Waals surface area contributed by atoms with Gasteiger partial charge in [0.2, 0.25) is 0 Å². The molecule has 0 N–H and O–H groups in total. The molecule has 1 aliphatic rings. The molecule has 180 valence electrons. The van der Waals surface area contributed by atoms with E-state index >= 15 is 0 Å². The second-order valence-corrected chi connectivity index (χ2v) is 9.55. The van der Waals surface area contributed by atoms with Gasteiger partial charge < -0.3 is 9.47 Å². The van der Waals surface area contributed by atoms with Crippen LogP contribution in [0.1, 0.15) is 37.9 Å². The number of fused-ring (bicyclic) bond motifs is 1. The Morgan fingerprint density at radius 2 is 1.94 bits per heavy atom. The molecule has 1 aromatic heterocycles. The molecule has 7 nitrogen and oxygen atoms in total. The van der Waals surface area contributed by atoms with Crippen LogP contribution in [0, 0.1) is 5.82 Å². The molecule has 2 heterocycles. The maximum absolute atomic E-state index is 13.7. The van der Waals surface area contributed by atoms with Gasteiger partial charge in [-0.1, -0.05) is 39.4 Å². The van der Waals surface area contributed by atoms with Gasteiger partial charge in [-0.05, 0) is 55.8 Å². The van der Waals surface area contributed by atoms with Crippen molar-refractivity contribution in [1.29, 1.82) is 0 Å². The number of hydrogen-bond acceptors (Lipinski definition) is 7. The number of ether oxygens (including phenoxy) is 2. The summed E-state index contributed by atoms with van der Waals surface area (Å²) in [6.45, 7) is 4.81. The lowest BCUT2D eigenvalue weighted by Gasteiger charge is -2.24. The summed E-state index contributed by atoms with van der Waals surface area (Å²) in [7, 11) is 0. The van der Waals surface area contributed by atoms with E-state index in [1.54, 1.807) is 38.1 Å². The third-order valence-corrected chi connectivity index (χ3v) is 6.69. The minimum absolute atomic E-state index is 0.151. The number of rotatable bonds is 5. The maximum Gasteiger partial charge on any atom is 0.338 e. The Morgan fingerprint density at radius 1 is 1.23 bits per heavy atom. The van der Waals surface area contributed by atoms with Gasteiger partial charge in [0.1, 0.15) is 11.6 Å². The molecule has 35 heavy (non-hydrogen) atoms. The first-order valence-electron chi connectivity index (χ1n) is 10.6. The lowest BCUT2D eigenvalue weighted by atomic mass is 9.96. The molecule has 0 bridgehead atoms. The van der Waals surface area contributed by atoms with Crippen molar-refractivity contribution in [3.8, 4) is 5.75 Å². The predicted molar refractivity (Wildman–Crippen MR) is 132 cm³/mol. The van der Waals surface area contributed by atoms with Crippen molar-refractivity contribution in [3.63, 3.8) is 0 Å². The smallest absolute Gasteiger partial charge is 0.338 e. The Kier molecular flexibility index (Phi) is 7.13. The summed E-state index contributed by atoms with van der Waals surface area (Å²) in [6, 6.07) is 9.84. The highest BCUT2D eigenvalue weighted by Gasteiger charge is 2.33. The van der Waals surface area contributed by atoms with Crippen LogP contribution in [-0.4, -0.2) is 23.1 Å². The maximum atomic E-state index is 13.7. The van der Waals surface area contributed by atoms with Crippen LogP contribution in [0.5, 0.6) is 5.75 Å². The first-order chi connectivity index (χ1) is 16.7. The van der Waals surface area contributed by atoms with E-state index in [0.29, 0.717) is 31.9 Å². The third-order valence-electron chi connectivity index (χ3n) is 5.21. The highest BCUT2D eigenvalue weighted by molar-refractivity contribution is 9.10. The Bertz CT molecular complexity index is 1540. The van der Waals surface area contributed by atoms with Gasteiger partial charge in [0.15, 0.2) is 4.80 Å². The number of nitrogens with zero attached hydrogens (tertiary/aromatic N) is 2. The van der Waals surface area contributed by atoms with E-state index in [0.717, 1.165) is 15.8 Å². The fraction of sp³-hybridized carbons (Fsp3) is 0.200. The molecule has 0 radical (unpaired) electrons. The number of esters is 2. The number of allylic oxidation sites excluding steroid dienone is 1. The fourth-order valence-electron chi connectivity index (χ4n) is 3.77. The molecule has 0 amide bonds. The zero-order valence-electron chi connectivity index (χ0n) is 19.0. The van der Waals surface area contributed by atoms with Crippen LogP contribution in [0.25, 0.3) is 6.08 Å². The van der Waals surface area contributed by atoms with Gasteiger partial charge in [0.05, 0.1) is 28.5 Å². The van der Waals surface area contributed by atoms with E-state index in [-0.39, 0.29) is 12.2 Å². The number of benzene rings is 2. The lowest BCUT2D eigenvalue weighted by molar-refractivity contribution is -0.139. The minimum atomic E-state index is -0.844. The average Bonchev–Trinajstić information content (AvgIpc) is 3.09. The summed E-state index contributed by atoms with van der Waals surface area (Å²) in [5, 5.41) is 0. The molecule has 1 atom stereocenters. The van der Waals surface area contributed by atoms with Gasteiger partial charge in [-0.25, -0.2) is 14.2 Å². The van der Waals surface area contributed by atoms with E-state index in [9.17, 15) is 18.8 Å². The van der Waals surface area contributed by atoms with Crippen molar-refractivity contribution < 1.29 is 23.5 Å². The standard InChI is InChI=1S/C25H20BrFN2O5S/c1-4-33-24(32)21-13(2)28-25-29(22(21)15-5-8-18(27)9-6-15)23(31)20(35-25)12-16-11-17(26)7-10-19(16)34-14(3)30/h5-12,22H,4H2,1-3H3/b20-12-/t22-/m0/s1. The van der Waals surface area contributed by atoms with Gasteiger partial charge in [0.25, 0.3) is 5.56 Å².